The maximum atomic E-state index is 12.2. The lowest BCUT2D eigenvalue weighted by Crippen LogP contribution is -2.40. The molecular weight excluding hydrogens is 248 g/mol. The van der Waals surface area contributed by atoms with Crippen molar-refractivity contribution in [3.8, 4) is 0 Å². The first-order valence-corrected chi connectivity index (χ1v) is 8.33. The number of piperidine rings is 1. The van der Waals surface area contributed by atoms with Crippen LogP contribution in [0.4, 0.5) is 0 Å². The predicted molar refractivity (Wildman–Crippen MR) is 81.3 cm³/mol. The van der Waals surface area contributed by atoms with Gasteiger partial charge in [-0.3, -0.25) is 4.79 Å². The molecule has 2 saturated heterocycles. The molecule has 1 saturated carbocycles. The van der Waals surface area contributed by atoms with Gasteiger partial charge in [0.1, 0.15) is 0 Å². The van der Waals surface area contributed by atoms with Crippen LogP contribution in [0.5, 0.6) is 0 Å². The third-order valence-corrected chi connectivity index (χ3v) is 6.87. The van der Waals surface area contributed by atoms with Crippen LogP contribution in [0.25, 0.3) is 0 Å². The fraction of sp³-hybridized carbons (Fsp3) is 0.941. The number of carbonyl (C=O) groups excluding carboxylic acids is 1. The first-order chi connectivity index (χ1) is 9.30. The third kappa shape index (κ3) is 2.38. The smallest absolute Gasteiger partial charge is 0.220 e. The van der Waals surface area contributed by atoms with Crippen molar-refractivity contribution in [2.24, 2.45) is 22.7 Å². The Morgan fingerprint density at radius 2 is 1.65 bits per heavy atom. The Balaban J connectivity index is 1.42. The Morgan fingerprint density at radius 3 is 2.15 bits per heavy atom. The van der Waals surface area contributed by atoms with E-state index in [1.54, 1.807) is 0 Å². The van der Waals surface area contributed by atoms with Crippen molar-refractivity contribution in [2.45, 2.75) is 71.9 Å². The van der Waals surface area contributed by atoms with E-state index >= 15 is 0 Å². The van der Waals surface area contributed by atoms with Crippen LogP contribution in [-0.2, 0) is 4.79 Å². The second-order valence-electron chi connectivity index (χ2n) is 8.48. The molecule has 0 radical (unpaired) electrons. The summed E-state index contributed by atoms with van der Waals surface area (Å²) in [5, 5.41) is 6.84. The molecule has 2 aliphatic heterocycles. The van der Waals surface area contributed by atoms with Gasteiger partial charge in [-0.05, 0) is 48.3 Å². The van der Waals surface area contributed by atoms with Crippen molar-refractivity contribution in [1.29, 1.82) is 0 Å². The molecule has 0 aromatic carbocycles. The van der Waals surface area contributed by atoms with E-state index < -0.39 is 0 Å². The highest BCUT2D eigenvalue weighted by Crippen LogP contribution is 2.67. The lowest BCUT2D eigenvalue weighted by atomic mass is 9.89. The Kier molecular flexibility index (Phi) is 3.39. The van der Waals surface area contributed by atoms with E-state index in [0.29, 0.717) is 34.7 Å². The van der Waals surface area contributed by atoms with E-state index in [9.17, 15) is 4.79 Å². The maximum Gasteiger partial charge on any atom is 0.220 e. The van der Waals surface area contributed by atoms with Crippen LogP contribution in [0.1, 0.15) is 59.8 Å². The van der Waals surface area contributed by atoms with Gasteiger partial charge in [0.25, 0.3) is 0 Å². The number of rotatable bonds is 4. The van der Waals surface area contributed by atoms with Crippen molar-refractivity contribution in [2.75, 3.05) is 6.54 Å². The molecule has 3 heteroatoms. The molecule has 1 aliphatic carbocycles. The summed E-state index contributed by atoms with van der Waals surface area (Å²) in [5.41, 5.74) is 0.738. The standard InChI is InChI=1S/C17H30N2O/c1-16(2)14(17(16,3)4)10-18-15(20)9-11-7-12-5-6-13(8-11)19-12/h11-14,19H,5-10H2,1-4H3,(H,18,20). The minimum absolute atomic E-state index is 0.273. The van der Waals surface area contributed by atoms with Crippen LogP contribution < -0.4 is 10.6 Å². The Hall–Kier alpha value is -0.570. The Labute approximate surface area is 123 Å². The van der Waals surface area contributed by atoms with Gasteiger partial charge in [0.15, 0.2) is 0 Å². The van der Waals surface area contributed by atoms with Gasteiger partial charge in [-0.1, -0.05) is 27.7 Å². The Bertz CT molecular complexity index is 376. The number of nitrogens with one attached hydrogen (secondary N) is 2. The highest BCUT2D eigenvalue weighted by Gasteiger charge is 2.64. The fourth-order valence-corrected chi connectivity index (χ4v) is 4.74. The number of carbonyl (C=O) groups is 1. The summed E-state index contributed by atoms with van der Waals surface area (Å²) in [6, 6.07) is 1.38. The number of hydrogen-bond acceptors (Lipinski definition) is 2. The zero-order valence-corrected chi connectivity index (χ0v) is 13.5. The lowest BCUT2D eigenvalue weighted by molar-refractivity contribution is -0.122. The summed E-state index contributed by atoms with van der Waals surface area (Å²) in [6.45, 7) is 10.1. The molecule has 3 fully saturated rings. The molecule has 2 unspecified atom stereocenters. The van der Waals surface area contributed by atoms with Crippen LogP contribution in [0.15, 0.2) is 0 Å². The molecule has 2 atom stereocenters. The highest BCUT2D eigenvalue weighted by atomic mass is 16.1. The molecule has 20 heavy (non-hydrogen) atoms. The zero-order chi connectivity index (χ0) is 14.5. The zero-order valence-electron chi connectivity index (χ0n) is 13.5. The maximum absolute atomic E-state index is 12.2. The predicted octanol–water partition coefficient (Wildman–Crippen LogP) is 2.71. The van der Waals surface area contributed by atoms with Crippen LogP contribution in [-0.4, -0.2) is 24.5 Å². The van der Waals surface area contributed by atoms with E-state index in [2.05, 4.69) is 38.3 Å². The van der Waals surface area contributed by atoms with Crippen LogP contribution in [0, 0.1) is 22.7 Å². The average Bonchev–Trinajstić information content (AvgIpc) is 2.62. The van der Waals surface area contributed by atoms with Crippen LogP contribution in [0.2, 0.25) is 0 Å². The molecule has 3 aliphatic rings. The van der Waals surface area contributed by atoms with Crippen molar-refractivity contribution in [1.82, 2.24) is 10.6 Å². The first-order valence-electron chi connectivity index (χ1n) is 8.33. The third-order valence-electron chi connectivity index (χ3n) is 6.87. The van der Waals surface area contributed by atoms with Gasteiger partial charge in [-0.25, -0.2) is 0 Å². The molecular formula is C17H30N2O. The molecule has 3 rings (SSSR count). The molecule has 0 aromatic rings. The second kappa shape index (κ2) is 4.72. The largest absolute Gasteiger partial charge is 0.356 e. The summed E-state index contributed by atoms with van der Waals surface area (Å²) < 4.78 is 0. The van der Waals surface area contributed by atoms with Gasteiger partial charge >= 0.3 is 0 Å². The quantitative estimate of drug-likeness (QED) is 0.830. The van der Waals surface area contributed by atoms with Gasteiger partial charge in [0.05, 0.1) is 0 Å². The van der Waals surface area contributed by atoms with Gasteiger partial charge in [0.2, 0.25) is 5.91 Å². The molecule has 2 bridgehead atoms. The van der Waals surface area contributed by atoms with Gasteiger partial charge in [-0.2, -0.15) is 0 Å². The fourth-order valence-electron chi connectivity index (χ4n) is 4.74. The summed E-state index contributed by atoms with van der Waals surface area (Å²) in [7, 11) is 0. The highest BCUT2D eigenvalue weighted by molar-refractivity contribution is 5.76. The van der Waals surface area contributed by atoms with E-state index in [1.165, 1.54) is 25.7 Å². The summed E-state index contributed by atoms with van der Waals surface area (Å²) in [6.07, 6.45) is 5.76. The van der Waals surface area contributed by atoms with Crippen molar-refractivity contribution in [3.05, 3.63) is 0 Å². The van der Waals surface area contributed by atoms with Crippen molar-refractivity contribution in [3.63, 3.8) is 0 Å². The molecule has 2 N–H and O–H groups in total. The number of fused-ring (bicyclic) bond motifs is 2. The first kappa shape index (κ1) is 14.4. The van der Waals surface area contributed by atoms with Gasteiger partial charge in [0, 0.05) is 25.0 Å². The van der Waals surface area contributed by atoms with Crippen LogP contribution in [0.3, 0.4) is 0 Å². The summed E-state index contributed by atoms with van der Waals surface area (Å²) in [4.78, 5) is 12.2. The monoisotopic (exact) mass is 278 g/mol. The molecule has 0 aromatic heterocycles. The number of amides is 1. The topological polar surface area (TPSA) is 41.1 Å². The van der Waals surface area contributed by atoms with E-state index in [4.69, 9.17) is 0 Å². The molecule has 0 spiro atoms. The lowest BCUT2D eigenvalue weighted by Gasteiger charge is -2.28. The summed E-state index contributed by atoms with van der Waals surface area (Å²) in [5.74, 6) is 1.51. The summed E-state index contributed by atoms with van der Waals surface area (Å²) >= 11 is 0. The van der Waals surface area contributed by atoms with E-state index in [-0.39, 0.29) is 5.91 Å². The SMILES string of the molecule is CC1(C)C(CNC(=O)CC2CC3CCC(C2)N3)C1(C)C. The normalized spacial score (nSPS) is 37.7. The van der Waals surface area contributed by atoms with Gasteiger partial charge in [-0.15, -0.1) is 0 Å². The number of hydrogen-bond donors (Lipinski definition) is 2. The Morgan fingerprint density at radius 1 is 1.10 bits per heavy atom. The van der Waals surface area contributed by atoms with Crippen molar-refractivity contribution < 1.29 is 4.79 Å². The molecule has 114 valence electrons. The van der Waals surface area contributed by atoms with E-state index in [1.807, 2.05) is 0 Å². The molecule has 2 heterocycles. The van der Waals surface area contributed by atoms with Crippen LogP contribution >= 0.6 is 0 Å². The minimum Gasteiger partial charge on any atom is -0.356 e. The molecule has 1 amide bonds. The average molecular weight is 278 g/mol. The minimum atomic E-state index is 0.273. The van der Waals surface area contributed by atoms with E-state index in [0.717, 1.165) is 13.0 Å². The van der Waals surface area contributed by atoms with Crippen molar-refractivity contribution >= 4 is 5.91 Å². The second-order valence-corrected chi connectivity index (χ2v) is 8.48. The molecule has 3 nitrogen and oxygen atoms in total. The van der Waals surface area contributed by atoms with Gasteiger partial charge < -0.3 is 10.6 Å².